The van der Waals surface area contributed by atoms with E-state index in [1.54, 1.807) is 18.2 Å². The summed E-state index contributed by atoms with van der Waals surface area (Å²) >= 11 is 0. The van der Waals surface area contributed by atoms with Crippen molar-refractivity contribution in [3.63, 3.8) is 0 Å². The van der Waals surface area contributed by atoms with Crippen LogP contribution in [-0.4, -0.2) is 35.6 Å². The number of nitrogens with zero attached hydrogens (tertiary/aromatic N) is 3. The summed E-state index contributed by atoms with van der Waals surface area (Å²) < 4.78 is 27.1. The minimum atomic E-state index is -3.89. The number of aliphatic hydroxyl groups excluding tert-OH is 1. The number of allylic oxidation sites excluding steroid dienone is 1. The predicted molar refractivity (Wildman–Crippen MR) is 122 cm³/mol. The van der Waals surface area contributed by atoms with Crippen LogP contribution in [-0.2, 0) is 14.8 Å². The van der Waals surface area contributed by atoms with E-state index in [1.807, 2.05) is 18.2 Å². The van der Waals surface area contributed by atoms with E-state index < -0.39 is 15.9 Å². The number of benzene rings is 2. The Kier molecular flexibility index (Phi) is 7.13. The SMILES string of the molecule is C/C(O)=C(/C=N/Nc1ccccc1)C(=O)Nc1ccc(S(=O)(=O)Nc2ncccn2)cc1. The van der Waals surface area contributed by atoms with Crippen molar-refractivity contribution in [2.75, 3.05) is 15.5 Å². The molecule has 0 fully saturated rings. The number of aromatic nitrogens is 2. The Bertz CT molecular complexity index is 1220. The van der Waals surface area contributed by atoms with E-state index in [0.29, 0.717) is 11.4 Å². The van der Waals surface area contributed by atoms with Crippen LogP contribution in [0, 0.1) is 0 Å². The average Bonchev–Trinajstić information content (AvgIpc) is 2.78. The minimum Gasteiger partial charge on any atom is -0.512 e. The molecule has 0 bridgehead atoms. The number of carbonyl (C=O) groups is 1. The molecule has 11 heteroatoms. The molecule has 0 aliphatic heterocycles. The van der Waals surface area contributed by atoms with Crippen molar-refractivity contribution in [3.8, 4) is 0 Å². The van der Waals surface area contributed by atoms with Gasteiger partial charge in [-0.3, -0.25) is 10.2 Å². The highest BCUT2D eigenvalue weighted by atomic mass is 32.2. The zero-order valence-electron chi connectivity index (χ0n) is 16.9. The molecular formula is C21H20N6O4S. The summed E-state index contributed by atoms with van der Waals surface area (Å²) in [5.41, 5.74) is 3.73. The lowest BCUT2D eigenvalue weighted by molar-refractivity contribution is -0.112. The van der Waals surface area contributed by atoms with Gasteiger partial charge in [0.05, 0.1) is 22.4 Å². The number of sulfonamides is 1. The highest BCUT2D eigenvalue weighted by Crippen LogP contribution is 2.17. The van der Waals surface area contributed by atoms with Crippen LogP contribution < -0.4 is 15.5 Å². The van der Waals surface area contributed by atoms with Crippen LogP contribution in [0.5, 0.6) is 0 Å². The fourth-order valence-corrected chi connectivity index (χ4v) is 3.41. The highest BCUT2D eigenvalue weighted by molar-refractivity contribution is 7.92. The largest absolute Gasteiger partial charge is 0.512 e. The third-order valence-corrected chi connectivity index (χ3v) is 5.35. The Balaban J connectivity index is 1.66. The van der Waals surface area contributed by atoms with Crippen molar-refractivity contribution in [2.45, 2.75) is 11.8 Å². The molecule has 0 atom stereocenters. The molecule has 1 heterocycles. The number of hydrogen-bond donors (Lipinski definition) is 4. The van der Waals surface area contributed by atoms with Gasteiger partial charge in [0.2, 0.25) is 5.95 Å². The van der Waals surface area contributed by atoms with Gasteiger partial charge in [-0.25, -0.2) is 23.1 Å². The summed E-state index contributed by atoms with van der Waals surface area (Å²) in [4.78, 5) is 20.1. The Labute approximate surface area is 184 Å². The maximum atomic E-state index is 12.5. The molecule has 1 aromatic heterocycles. The number of anilines is 3. The smallest absolute Gasteiger partial charge is 0.264 e. The molecule has 0 aliphatic carbocycles. The van der Waals surface area contributed by atoms with Gasteiger partial charge < -0.3 is 10.4 Å². The van der Waals surface area contributed by atoms with Crippen molar-refractivity contribution in [1.29, 1.82) is 0 Å². The van der Waals surface area contributed by atoms with Gasteiger partial charge in [-0.2, -0.15) is 5.10 Å². The molecule has 0 saturated carbocycles. The Morgan fingerprint density at radius 3 is 2.25 bits per heavy atom. The fourth-order valence-electron chi connectivity index (χ4n) is 2.45. The molecule has 32 heavy (non-hydrogen) atoms. The summed E-state index contributed by atoms with van der Waals surface area (Å²) in [6.07, 6.45) is 4.02. The molecule has 0 saturated heterocycles. The Hall–Kier alpha value is -4.25. The second-order valence-electron chi connectivity index (χ2n) is 6.39. The standard InChI is InChI=1S/C21H20N6O4S/c1-15(28)19(14-24-26-17-6-3-2-4-7-17)20(29)25-16-8-10-18(11-9-16)32(30,31)27-21-22-12-5-13-23-21/h2-14,26,28H,1H3,(H,25,29)(H,22,23,27)/b19-15+,24-14+. The number of nitrogens with one attached hydrogen (secondary N) is 3. The van der Waals surface area contributed by atoms with Crippen LogP contribution >= 0.6 is 0 Å². The van der Waals surface area contributed by atoms with Gasteiger partial charge in [-0.1, -0.05) is 18.2 Å². The van der Waals surface area contributed by atoms with Crippen LogP contribution in [0.1, 0.15) is 6.92 Å². The van der Waals surface area contributed by atoms with Crippen molar-refractivity contribution >= 4 is 39.5 Å². The molecule has 3 rings (SSSR count). The molecule has 0 unspecified atom stereocenters. The maximum Gasteiger partial charge on any atom is 0.264 e. The van der Waals surface area contributed by atoms with Gasteiger partial charge in [0, 0.05) is 18.1 Å². The monoisotopic (exact) mass is 452 g/mol. The lowest BCUT2D eigenvalue weighted by Gasteiger charge is -2.09. The van der Waals surface area contributed by atoms with E-state index in [2.05, 4.69) is 30.5 Å². The zero-order valence-corrected chi connectivity index (χ0v) is 17.7. The van der Waals surface area contributed by atoms with Crippen molar-refractivity contribution in [1.82, 2.24) is 9.97 Å². The lowest BCUT2D eigenvalue weighted by Crippen LogP contribution is -2.18. The molecule has 0 spiro atoms. The van der Waals surface area contributed by atoms with Gasteiger partial charge in [-0.05, 0) is 49.4 Å². The normalized spacial score (nSPS) is 12.2. The molecule has 1 amide bonds. The van der Waals surface area contributed by atoms with Crippen LogP contribution in [0.3, 0.4) is 0 Å². The molecule has 0 aliphatic rings. The number of hydrazone groups is 1. The fraction of sp³-hybridized carbons (Fsp3) is 0.0476. The van der Waals surface area contributed by atoms with E-state index in [-0.39, 0.29) is 22.2 Å². The van der Waals surface area contributed by atoms with Crippen molar-refractivity contribution in [3.05, 3.63) is 84.4 Å². The van der Waals surface area contributed by atoms with Gasteiger partial charge in [0.15, 0.2) is 0 Å². The van der Waals surface area contributed by atoms with Crippen molar-refractivity contribution in [2.24, 2.45) is 5.10 Å². The van der Waals surface area contributed by atoms with Gasteiger partial charge in [-0.15, -0.1) is 0 Å². The minimum absolute atomic E-state index is 0.0364. The van der Waals surface area contributed by atoms with Crippen LogP contribution in [0.15, 0.2) is 94.4 Å². The summed E-state index contributed by atoms with van der Waals surface area (Å²) in [5, 5.41) is 16.4. The third-order valence-electron chi connectivity index (χ3n) is 4.01. The van der Waals surface area contributed by atoms with E-state index in [0.717, 1.165) is 0 Å². The quantitative estimate of drug-likeness (QED) is 0.178. The summed E-state index contributed by atoms with van der Waals surface area (Å²) in [7, 11) is -3.89. The van der Waals surface area contributed by atoms with Crippen molar-refractivity contribution < 1.29 is 18.3 Å². The van der Waals surface area contributed by atoms with E-state index in [4.69, 9.17) is 0 Å². The molecule has 10 nitrogen and oxygen atoms in total. The maximum absolute atomic E-state index is 12.5. The number of carbonyl (C=O) groups excluding carboxylic acids is 1. The molecule has 2 aromatic carbocycles. The highest BCUT2D eigenvalue weighted by Gasteiger charge is 2.16. The summed E-state index contributed by atoms with van der Waals surface area (Å²) in [5.74, 6) is -0.899. The molecule has 164 valence electrons. The second kappa shape index (κ2) is 10.2. The first-order valence-electron chi connectivity index (χ1n) is 9.30. The molecule has 4 N–H and O–H groups in total. The predicted octanol–water partition coefficient (Wildman–Crippen LogP) is 3.15. The van der Waals surface area contributed by atoms with Crippen LogP contribution in [0.25, 0.3) is 0 Å². The summed E-state index contributed by atoms with van der Waals surface area (Å²) in [6.45, 7) is 1.36. The van der Waals surface area contributed by atoms with Gasteiger partial charge in [0.25, 0.3) is 15.9 Å². The molecular weight excluding hydrogens is 432 g/mol. The Morgan fingerprint density at radius 1 is 0.969 bits per heavy atom. The number of para-hydroxylation sites is 1. The number of rotatable bonds is 8. The van der Waals surface area contributed by atoms with E-state index in [1.165, 1.54) is 49.8 Å². The average molecular weight is 452 g/mol. The zero-order chi connectivity index (χ0) is 23.0. The van der Waals surface area contributed by atoms with E-state index in [9.17, 15) is 18.3 Å². The Morgan fingerprint density at radius 2 is 1.62 bits per heavy atom. The molecule has 0 radical (unpaired) electrons. The van der Waals surface area contributed by atoms with E-state index >= 15 is 0 Å². The topological polar surface area (TPSA) is 146 Å². The molecule has 3 aromatic rings. The number of aliphatic hydroxyl groups is 1. The number of hydrogen-bond acceptors (Lipinski definition) is 8. The first-order chi connectivity index (χ1) is 15.3. The first-order valence-corrected chi connectivity index (χ1v) is 10.8. The lowest BCUT2D eigenvalue weighted by atomic mass is 10.2. The third kappa shape index (κ3) is 6.12. The first kappa shape index (κ1) is 22.4. The van der Waals surface area contributed by atoms with Gasteiger partial charge in [0.1, 0.15) is 5.76 Å². The van der Waals surface area contributed by atoms with Crippen LogP contribution in [0.2, 0.25) is 0 Å². The van der Waals surface area contributed by atoms with Crippen LogP contribution in [0.4, 0.5) is 17.3 Å². The summed E-state index contributed by atoms with van der Waals surface area (Å²) in [6, 6.07) is 16.1. The van der Waals surface area contributed by atoms with Gasteiger partial charge >= 0.3 is 0 Å². The number of amides is 1. The second-order valence-corrected chi connectivity index (χ2v) is 8.07.